The summed E-state index contributed by atoms with van der Waals surface area (Å²) >= 11 is 0. The van der Waals surface area contributed by atoms with Crippen LogP contribution in [0.25, 0.3) is 0 Å². The number of nitrogens with two attached hydrogens (primary N) is 1. The Balaban J connectivity index is 2.11. The largest absolute Gasteiger partial charge is 0.384 e. The summed E-state index contributed by atoms with van der Waals surface area (Å²) in [5.41, 5.74) is 6.02. The number of anilines is 1. The average molecular weight is 220 g/mol. The van der Waals surface area contributed by atoms with Gasteiger partial charge in [0.15, 0.2) is 0 Å². The molecule has 1 unspecified atom stereocenters. The fraction of sp³-hybridized carbons (Fsp3) is 0.455. The van der Waals surface area contributed by atoms with Crippen LogP contribution < -0.4 is 10.6 Å². The zero-order chi connectivity index (χ0) is 11.5. The van der Waals surface area contributed by atoms with Crippen LogP contribution in [0, 0.1) is 5.41 Å². The summed E-state index contributed by atoms with van der Waals surface area (Å²) < 4.78 is 5.34. The summed E-state index contributed by atoms with van der Waals surface area (Å²) in [7, 11) is 2.01. The molecule has 16 heavy (non-hydrogen) atoms. The van der Waals surface area contributed by atoms with Crippen molar-refractivity contribution in [2.75, 3.05) is 25.2 Å². The second kappa shape index (κ2) is 4.49. The second-order valence-corrected chi connectivity index (χ2v) is 3.95. The molecule has 1 aliphatic heterocycles. The Morgan fingerprint density at radius 2 is 2.44 bits per heavy atom. The maximum absolute atomic E-state index is 7.28. The van der Waals surface area contributed by atoms with E-state index in [9.17, 15) is 0 Å². The van der Waals surface area contributed by atoms with E-state index >= 15 is 0 Å². The molecule has 86 valence electrons. The van der Waals surface area contributed by atoms with Crippen molar-refractivity contribution >= 4 is 11.7 Å². The van der Waals surface area contributed by atoms with Crippen LogP contribution >= 0.6 is 0 Å². The third-order valence-electron chi connectivity index (χ3n) is 2.87. The third-order valence-corrected chi connectivity index (χ3v) is 2.87. The maximum atomic E-state index is 7.28. The van der Waals surface area contributed by atoms with Crippen molar-refractivity contribution in [1.29, 1.82) is 5.41 Å². The normalized spacial score (nSPS) is 19.7. The molecule has 0 spiro atoms. The molecule has 5 heteroatoms. The van der Waals surface area contributed by atoms with E-state index in [-0.39, 0.29) is 5.84 Å². The van der Waals surface area contributed by atoms with Crippen molar-refractivity contribution in [3.8, 4) is 0 Å². The summed E-state index contributed by atoms with van der Waals surface area (Å²) in [4.78, 5) is 6.40. The first-order valence-electron chi connectivity index (χ1n) is 5.29. The van der Waals surface area contributed by atoms with E-state index in [1.165, 1.54) is 0 Å². The van der Waals surface area contributed by atoms with Gasteiger partial charge in [-0.25, -0.2) is 4.98 Å². The summed E-state index contributed by atoms with van der Waals surface area (Å²) in [5, 5.41) is 7.28. The van der Waals surface area contributed by atoms with Crippen molar-refractivity contribution in [2.45, 2.75) is 12.5 Å². The Hall–Kier alpha value is -1.62. The predicted octanol–water partition coefficient (Wildman–Crippen LogP) is 0.591. The van der Waals surface area contributed by atoms with E-state index in [0.717, 1.165) is 25.5 Å². The lowest BCUT2D eigenvalue weighted by Crippen LogP contribution is -2.32. The number of hydrogen-bond acceptors (Lipinski definition) is 4. The van der Waals surface area contributed by atoms with Gasteiger partial charge in [-0.3, -0.25) is 5.41 Å². The zero-order valence-corrected chi connectivity index (χ0v) is 9.31. The number of amidine groups is 1. The molecule has 0 aliphatic carbocycles. The van der Waals surface area contributed by atoms with Gasteiger partial charge in [0.2, 0.25) is 0 Å². The summed E-state index contributed by atoms with van der Waals surface area (Å²) in [6, 6.07) is 4.10. The smallest absolute Gasteiger partial charge is 0.128 e. The van der Waals surface area contributed by atoms with Crippen molar-refractivity contribution in [1.82, 2.24) is 4.98 Å². The van der Waals surface area contributed by atoms with E-state index in [4.69, 9.17) is 15.9 Å². The van der Waals surface area contributed by atoms with Gasteiger partial charge in [-0.1, -0.05) is 0 Å². The fourth-order valence-electron chi connectivity index (χ4n) is 1.77. The van der Waals surface area contributed by atoms with Crippen LogP contribution in [0.1, 0.15) is 12.0 Å². The van der Waals surface area contributed by atoms with Gasteiger partial charge in [0, 0.05) is 25.4 Å². The molecule has 0 bridgehead atoms. The zero-order valence-electron chi connectivity index (χ0n) is 9.31. The minimum atomic E-state index is 0.0471. The number of nitrogen functional groups attached to an aromatic ring is 1. The lowest BCUT2D eigenvalue weighted by atomic mass is 10.2. The molecule has 0 aromatic carbocycles. The molecule has 5 nitrogen and oxygen atoms in total. The van der Waals surface area contributed by atoms with E-state index in [1.54, 1.807) is 6.20 Å². The Bertz CT molecular complexity index is 370. The maximum Gasteiger partial charge on any atom is 0.128 e. The van der Waals surface area contributed by atoms with Gasteiger partial charge >= 0.3 is 0 Å². The first kappa shape index (κ1) is 10.9. The third kappa shape index (κ3) is 2.14. The summed E-state index contributed by atoms with van der Waals surface area (Å²) in [6.07, 6.45) is 2.66. The average Bonchev–Trinajstić information content (AvgIpc) is 2.81. The van der Waals surface area contributed by atoms with Crippen LogP contribution in [0.5, 0.6) is 0 Å². The van der Waals surface area contributed by atoms with Crippen LogP contribution in [0.2, 0.25) is 0 Å². The number of rotatable bonds is 3. The number of nitrogens with one attached hydrogen (secondary N) is 1. The van der Waals surface area contributed by atoms with Gasteiger partial charge in [-0.2, -0.15) is 0 Å². The van der Waals surface area contributed by atoms with Gasteiger partial charge in [0.1, 0.15) is 11.7 Å². The van der Waals surface area contributed by atoms with Crippen LogP contribution in [-0.2, 0) is 4.74 Å². The van der Waals surface area contributed by atoms with Gasteiger partial charge in [-0.15, -0.1) is 0 Å². The minimum absolute atomic E-state index is 0.0471. The van der Waals surface area contributed by atoms with Crippen LogP contribution in [0.4, 0.5) is 5.82 Å². The van der Waals surface area contributed by atoms with E-state index < -0.39 is 0 Å². The number of nitrogens with zero attached hydrogens (tertiary/aromatic N) is 2. The molecule has 2 heterocycles. The van der Waals surface area contributed by atoms with Crippen molar-refractivity contribution < 1.29 is 4.74 Å². The van der Waals surface area contributed by atoms with Gasteiger partial charge in [0.05, 0.1) is 12.6 Å². The topological polar surface area (TPSA) is 75.2 Å². The van der Waals surface area contributed by atoms with Gasteiger partial charge < -0.3 is 15.4 Å². The standard InChI is InChI=1S/C11H16N4O/c1-15(9-4-5-16-7-9)10-3-2-8(6-14-10)11(12)13/h2-3,6,9H,4-5,7H2,1H3,(H3,12,13). The first-order chi connectivity index (χ1) is 7.68. The molecule has 0 amide bonds. The lowest BCUT2D eigenvalue weighted by Gasteiger charge is -2.24. The lowest BCUT2D eigenvalue weighted by molar-refractivity contribution is 0.193. The van der Waals surface area contributed by atoms with E-state index in [1.807, 2.05) is 19.2 Å². The number of pyridine rings is 1. The highest BCUT2D eigenvalue weighted by molar-refractivity contribution is 5.94. The molecule has 0 radical (unpaired) electrons. The molecule has 0 saturated carbocycles. The molecule has 1 aliphatic rings. The predicted molar refractivity (Wildman–Crippen MR) is 62.9 cm³/mol. The van der Waals surface area contributed by atoms with Gasteiger partial charge in [-0.05, 0) is 18.6 Å². The van der Waals surface area contributed by atoms with Crippen molar-refractivity contribution in [3.63, 3.8) is 0 Å². The van der Waals surface area contributed by atoms with Crippen molar-refractivity contribution in [3.05, 3.63) is 23.9 Å². The second-order valence-electron chi connectivity index (χ2n) is 3.95. The fourth-order valence-corrected chi connectivity index (χ4v) is 1.77. The van der Waals surface area contributed by atoms with E-state index in [0.29, 0.717) is 11.6 Å². The first-order valence-corrected chi connectivity index (χ1v) is 5.29. The monoisotopic (exact) mass is 220 g/mol. The number of likely N-dealkylation sites (N-methyl/N-ethyl adjacent to an activating group) is 1. The van der Waals surface area contributed by atoms with Gasteiger partial charge in [0.25, 0.3) is 0 Å². The minimum Gasteiger partial charge on any atom is -0.384 e. The molecule has 1 aromatic rings. The quantitative estimate of drug-likeness (QED) is 0.577. The van der Waals surface area contributed by atoms with Crippen LogP contribution in [0.15, 0.2) is 18.3 Å². The summed E-state index contributed by atoms with van der Waals surface area (Å²) in [5.74, 6) is 0.936. The van der Waals surface area contributed by atoms with Crippen LogP contribution in [-0.4, -0.2) is 37.1 Å². The van der Waals surface area contributed by atoms with E-state index in [2.05, 4.69) is 9.88 Å². The molecule has 3 N–H and O–H groups in total. The Morgan fingerprint density at radius 3 is 2.94 bits per heavy atom. The highest BCUT2D eigenvalue weighted by Gasteiger charge is 2.21. The molecular formula is C11H16N4O. The highest BCUT2D eigenvalue weighted by Crippen LogP contribution is 2.17. The highest BCUT2D eigenvalue weighted by atomic mass is 16.5. The molecule has 1 atom stereocenters. The Morgan fingerprint density at radius 1 is 1.62 bits per heavy atom. The molecular weight excluding hydrogens is 204 g/mol. The molecule has 1 fully saturated rings. The number of aromatic nitrogens is 1. The number of ether oxygens (including phenoxy) is 1. The Kier molecular flexibility index (Phi) is 3.05. The SMILES string of the molecule is CN(c1ccc(C(=N)N)cn1)C1CCOC1. The summed E-state index contributed by atoms with van der Waals surface area (Å²) in [6.45, 7) is 1.58. The molecule has 1 saturated heterocycles. The molecule has 1 aromatic heterocycles. The number of hydrogen-bond donors (Lipinski definition) is 2. The molecule has 2 rings (SSSR count). The Labute approximate surface area is 94.7 Å². The van der Waals surface area contributed by atoms with Crippen LogP contribution in [0.3, 0.4) is 0 Å². The van der Waals surface area contributed by atoms with Crippen molar-refractivity contribution in [2.24, 2.45) is 5.73 Å².